The van der Waals surface area contributed by atoms with Crippen LogP contribution in [0.3, 0.4) is 0 Å². The van der Waals surface area contributed by atoms with Crippen molar-refractivity contribution in [3.05, 3.63) is 99.8 Å². The van der Waals surface area contributed by atoms with Crippen LogP contribution in [0.5, 0.6) is 0 Å². The summed E-state index contributed by atoms with van der Waals surface area (Å²) in [4.78, 5) is 22.0. The molecule has 0 radical (unpaired) electrons. The summed E-state index contributed by atoms with van der Waals surface area (Å²) in [6.45, 7) is 7.94. The van der Waals surface area contributed by atoms with Crippen LogP contribution in [-0.4, -0.2) is 34.9 Å². The van der Waals surface area contributed by atoms with Crippen LogP contribution in [0.15, 0.2) is 83.0 Å². The van der Waals surface area contributed by atoms with Gasteiger partial charge in [-0.05, 0) is 59.1 Å². The highest BCUT2D eigenvalue weighted by Gasteiger charge is 2.62. The summed E-state index contributed by atoms with van der Waals surface area (Å²) in [6.07, 6.45) is -0.222. The number of halogens is 5. The van der Waals surface area contributed by atoms with Crippen molar-refractivity contribution in [2.24, 2.45) is 22.2 Å². The van der Waals surface area contributed by atoms with E-state index in [4.69, 9.17) is 33.2 Å². The van der Waals surface area contributed by atoms with Crippen LogP contribution in [0, 0.1) is 35.6 Å². The number of hydrogen-bond donors (Lipinski definition) is 0. The molecule has 4 rings (SSSR count). The molecule has 0 N–H and O–H groups in total. The Bertz CT molecular complexity index is 1550. The number of benzene rings is 2. The first-order valence-electron chi connectivity index (χ1n) is 13.7. The molecule has 1 aliphatic carbocycles. The molecule has 6 nitrogen and oxygen atoms in total. The number of alkyl halides is 3. The van der Waals surface area contributed by atoms with E-state index in [0.717, 1.165) is 33.9 Å². The van der Waals surface area contributed by atoms with E-state index in [1.165, 1.54) is 0 Å². The zero-order chi connectivity index (χ0) is 32.7. The third-order valence-electron chi connectivity index (χ3n) is 7.63. The SMILES string of the molecule is CC(=NC#N)N(C)Cc1ccc(Cl)nc1.Cc1c(COC(=O)C2C(/C=C(\Cl)C(F)(F)F)C2(C)C)cccc1-c1ccccc1. The van der Waals surface area contributed by atoms with Crippen LogP contribution in [0.1, 0.15) is 37.5 Å². The van der Waals surface area contributed by atoms with E-state index in [1.54, 1.807) is 39.2 Å². The number of ether oxygens (including phenoxy) is 1. The lowest BCUT2D eigenvalue weighted by Gasteiger charge is -2.17. The summed E-state index contributed by atoms with van der Waals surface area (Å²) >= 11 is 11.0. The van der Waals surface area contributed by atoms with E-state index in [1.807, 2.05) is 73.5 Å². The van der Waals surface area contributed by atoms with Crippen molar-refractivity contribution < 1.29 is 22.7 Å². The Labute approximate surface area is 265 Å². The van der Waals surface area contributed by atoms with Gasteiger partial charge in [0.05, 0.1) is 5.92 Å². The fraction of sp³-hybridized carbons (Fsp3) is 0.333. The molecule has 0 aliphatic heterocycles. The van der Waals surface area contributed by atoms with Crippen molar-refractivity contribution in [1.29, 1.82) is 5.26 Å². The number of carbonyl (C=O) groups is 1. The second-order valence-corrected chi connectivity index (χ2v) is 11.8. The van der Waals surface area contributed by atoms with Gasteiger partial charge in [0.25, 0.3) is 0 Å². The first-order valence-corrected chi connectivity index (χ1v) is 14.4. The molecule has 1 aliphatic rings. The molecule has 0 saturated heterocycles. The van der Waals surface area contributed by atoms with Crippen LogP contribution in [0.4, 0.5) is 13.2 Å². The highest BCUT2D eigenvalue weighted by atomic mass is 35.5. The first-order chi connectivity index (χ1) is 20.7. The number of hydrogen-bond acceptors (Lipinski definition) is 5. The van der Waals surface area contributed by atoms with Crippen molar-refractivity contribution in [2.75, 3.05) is 7.05 Å². The van der Waals surface area contributed by atoms with Gasteiger partial charge in [-0.15, -0.1) is 0 Å². The molecule has 1 heterocycles. The largest absolute Gasteiger partial charge is 0.461 e. The van der Waals surface area contributed by atoms with Gasteiger partial charge in [0.1, 0.15) is 22.6 Å². The minimum absolute atomic E-state index is 0.0708. The van der Waals surface area contributed by atoms with Crippen LogP contribution in [0.25, 0.3) is 11.1 Å². The first kappa shape index (κ1) is 34.6. The lowest BCUT2D eigenvalue weighted by Crippen LogP contribution is -2.23. The Morgan fingerprint density at radius 2 is 1.84 bits per heavy atom. The summed E-state index contributed by atoms with van der Waals surface area (Å²) in [5.41, 5.74) is 4.37. The number of aromatic nitrogens is 1. The quantitative estimate of drug-likeness (QED) is 0.0845. The fourth-order valence-electron chi connectivity index (χ4n) is 4.75. The molecule has 11 heteroatoms. The highest BCUT2D eigenvalue weighted by Crippen LogP contribution is 2.60. The van der Waals surface area contributed by atoms with Gasteiger partial charge in [0, 0.05) is 19.8 Å². The van der Waals surface area contributed by atoms with Crippen LogP contribution in [-0.2, 0) is 22.7 Å². The Hall–Kier alpha value is -3.87. The number of nitriles is 1. The van der Waals surface area contributed by atoms with Crippen molar-refractivity contribution in [3.8, 4) is 17.3 Å². The van der Waals surface area contributed by atoms with Crippen molar-refractivity contribution in [1.82, 2.24) is 9.88 Å². The topological polar surface area (TPSA) is 78.6 Å². The normalized spacial score (nSPS) is 17.6. The molecule has 2 atom stereocenters. The predicted molar refractivity (Wildman–Crippen MR) is 167 cm³/mol. The number of aliphatic imine (C=N–C) groups is 1. The molecular formula is C33H33Cl2F3N4O2. The van der Waals surface area contributed by atoms with Crippen molar-refractivity contribution in [3.63, 3.8) is 0 Å². The number of allylic oxidation sites excluding steroid dienone is 2. The number of esters is 1. The van der Waals surface area contributed by atoms with Crippen molar-refractivity contribution >= 4 is 35.0 Å². The zero-order valence-corrected chi connectivity index (χ0v) is 26.5. The zero-order valence-electron chi connectivity index (χ0n) is 25.0. The van der Waals surface area contributed by atoms with Gasteiger partial charge < -0.3 is 9.64 Å². The van der Waals surface area contributed by atoms with E-state index < -0.39 is 34.4 Å². The lowest BCUT2D eigenvalue weighted by molar-refractivity contribution is -0.147. The number of rotatable bonds is 7. The third-order valence-corrected chi connectivity index (χ3v) is 8.20. The number of carbonyl (C=O) groups excluding carboxylic acids is 1. The smallest absolute Gasteiger partial charge is 0.426 e. The summed E-state index contributed by atoms with van der Waals surface area (Å²) in [7, 11) is 1.87. The summed E-state index contributed by atoms with van der Waals surface area (Å²) in [5.74, 6) is -1.07. The molecule has 0 amide bonds. The van der Waals surface area contributed by atoms with Crippen LogP contribution >= 0.6 is 23.2 Å². The molecule has 1 aromatic heterocycles. The van der Waals surface area contributed by atoms with Gasteiger partial charge in [-0.3, -0.25) is 4.79 Å². The summed E-state index contributed by atoms with van der Waals surface area (Å²) < 4.78 is 43.5. The van der Waals surface area contributed by atoms with Gasteiger partial charge in [0.15, 0.2) is 0 Å². The molecule has 3 aromatic rings. The number of amidine groups is 1. The van der Waals surface area contributed by atoms with Gasteiger partial charge >= 0.3 is 12.1 Å². The van der Waals surface area contributed by atoms with E-state index in [2.05, 4.69) is 9.98 Å². The maximum Gasteiger partial charge on any atom is 0.426 e. The summed E-state index contributed by atoms with van der Waals surface area (Å²) in [6, 6.07) is 19.3. The average molecular weight is 646 g/mol. The van der Waals surface area contributed by atoms with E-state index >= 15 is 0 Å². The maximum atomic E-state index is 12.7. The minimum Gasteiger partial charge on any atom is -0.461 e. The Balaban J connectivity index is 0.000000297. The molecule has 1 saturated carbocycles. The van der Waals surface area contributed by atoms with Gasteiger partial charge in [0.2, 0.25) is 6.19 Å². The average Bonchev–Trinajstić information content (AvgIpc) is 3.52. The fourth-order valence-corrected chi connectivity index (χ4v) is 4.99. The number of pyridine rings is 1. The molecule has 44 heavy (non-hydrogen) atoms. The molecule has 1 fully saturated rings. The van der Waals surface area contributed by atoms with E-state index in [9.17, 15) is 18.0 Å². The third kappa shape index (κ3) is 9.07. The molecular weight excluding hydrogens is 612 g/mol. The number of nitrogens with zero attached hydrogens (tertiary/aromatic N) is 4. The monoisotopic (exact) mass is 644 g/mol. The predicted octanol–water partition coefficient (Wildman–Crippen LogP) is 8.73. The maximum absolute atomic E-state index is 12.7. The molecule has 2 unspecified atom stereocenters. The van der Waals surface area contributed by atoms with E-state index in [0.29, 0.717) is 17.5 Å². The Morgan fingerprint density at radius 3 is 2.43 bits per heavy atom. The second kappa shape index (κ2) is 14.7. The molecule has 0 bridgehead atoms. The van der Waals surface area contributed by atoms with Gasteiger partial charge in [-0.2, -0.15) is 23.4 Å². The van der Waals surface area contributed by atoms with Gasteiger partial charge in [-0.1, -0.05) is 97.7 Å². The minimum atomic E-state index is -4.61. The summed E-state index contributed by atoms with van der Waals surface area (Å²) in [5, 5.41) is 7.67. The Kier molecular flexibility index (Phi) is 11.6. The Morgan fingerprint density at radius 1 is 1.16 bits per heavy atom. The van der Waals surface area contributed by atoms with Crippen LogP contribution < -0.4 is 0 Å². The van der Waals surface area contributed by atoms with Crippen molar-refractivity contribution in [2.45, 2.75) is 47.0 Å². The molecule has 232 valence electrons. The molecule has 0 spiro atoms. The lowest BCUT2D eigenvalue weighted by atomic mass is 9.97. The second-order valence-electron chi connectivity index (χ2n) is 11.0. The van der Waals surface area contributed by atoms with E-state index in [-0.39, 0.29) is 6.61 Å². The highest BCUT2D eigenvalue weighted by molar-refractivity contribution is 6.30. The molecule has 2 aromatic carbocycles. The standard InChI is InChI=1S/C23H22ClF3O2.C10H11ClN4/c1-14-16(10-7-11-17(14)15-8-5-4-6-9-15)13-29-21(28)20-18(22(20,2)3)12-19(24)23(25,26)27;1-8(14-7-12)15(2)6-9-3-4-10(11)13-5-9/h4-12,18,20H,13H2,1-3H3;3-5H,6H2,1-2H3/b19-12-;. The van der Waals surface area contributed by atoms with Gasteiger partial charge in [-0.25, -0.2) is 4.98 Å². The van der Waals surface area contributed by atoms with Crippen LogP contribution in [0.2, 0.25) is 5.15 Å².